The molecule has 0 radical (unpaired) electrons. The topological polar surface area (TPSA) is 179 Å². The lowest BCUT2D eigenvalue weighted by Gasteiger charge is -2.45. The van der Waals surface area contributed by atoms with Crippen molar-refractivity contribution in [2.75, 3.05) is 316 Å². The quantitative estimate of drug-likeness (QED) is 0.0657. The van der Waals surface area contributed by atoms with Crippen LogP contribution in [0.5, 0.6) is 0 Å². The predicted molar refractivity (Wildman–Crippen MR) is 396 cm³/mol. The predicted octanol–water partition coefficient (Wildman–Crippen LogP) is 8.02. The molecular formula is C45H135ClN30P10. The molecule has 0 saturated carbocycles. The molecule has 0 aromatic rings. The van der Waals surface area contributed by atoms with Crippen molar-refractivity contribution < 1.29 is 12.4 Å². The first-order valence-electron chi connectivity index (χ1n) is 27.7. The molecule has 0 bridgehead atoms. The molecule has 0 spiro atoms. The molecule has 0 saturated heterocycles. The number of hydrogen-bond acceptors (Lipinski definition) is 5. The second-order valence-electron chi connectivity index (χ2n) is 24.7. The molecule has 0 aliphatic carbocycles. The maximum Gasteiger partial charge on any atom is 0.501 e. The van der Waals surface area contributed by atoms with Crippen LogP contribution in [0.25, 0.3) is 0 Å². The minimum atomic E-state index is -3.35. The van der Waals surface area contributed by atoms with Crippen LogP contribution in [-0.2, 0) is 0 Å². The van der Waals surface area contributed by atoms with Crippen LogP contribution in [0.3, 0.4) is 0 Å². The summed E-state index contributed by atoms with van der Waals surface area (Å²) in [5, 5.41) is 0. The first-order chi connectivity index (χ1) is 38.0. The summed E-state index contributed by atoms with van der Waals surface area (Å²) < 4.78 is 99.4. The highest BCUT2D eigenvalue weighted by molar-refractivity contribution is 7.88. The Morgan fingerprint density at radius 2 is 0.395 bits per heavy atom. The molecule has 41 heteroatoms. The van der Waals surface area contributed by atoms with Crippen molar-refractivity contribution in [3.8, 4) is 0 Å². The van der Waals surface area contributed by atoms with E-state index >= 15 is 0 Å². The Morgan fingerprint density at radius 1 is 0.209 bits per heavy atom. The van der Waals surface area contributed by atoms with Gasteiger partial charge in [-0.1, -0.05) is 0 Å². The summed E-state index contributed by atoms with van der Waals surface area (Å²) in [6.45, 7) is 4.46. The molecule has 0 N–H and O–H groups in total. The third-order valence-electron chi connectivity index (χ3n) is 14.4. The van der Waals surface area contributed by atoms with E-state index in [4.69, 9.17) is 40.9 Å². The molecule has 0 aliphatic rings. The Kier molecular flexibility index (Phi) is 38.4. The third-order valence-corrected chi connectivity index (χ3v) is 55.4. The fraction of sp³-hybridized carbons (Fsp3) is 1.00. The van der Waals surface area contributed by atoms with Crippen molar-refractivity contribution in [2.24, 2.45) is 40.9 Å². The van der Waals surface area contributed by atoms with Gasteiger partial charge in [0.15, 0.2) is 15.0 Å². The lowest BCUT2D eigenvalue weighted by atomic mass is 11.2. The minimum absolute atomic E-state index is 0. The SMILES string of the molecule is CN(C)P(C)(=N[P+](N=P(N(C)C)(N(C)C)N(C)C)(N=P(N(C)C)(N(C)C)N(C)C)N=P(N(C)C)(N(C)C)N(C)C)N(C)C.CN=P(N=P(N=P(C)(N(C)C)N(C)C)(N=P(N(C)C)(N(C)C)N(C)C)N=P(N(C)C)(N(C)C)N(C)C)(N(C)C)N(C)C.[Cl-]. The molecule has 0 heterocycles. The van der Waals surface area contributed by atoms with Crippen LogP contribution in [0.1, 0.15) is 0 Å². The normalized spacial score (nSPS) is 14.6. The standard InChI is InChI=1S/C23H69N15P5.C22H66N15P5.ClH/c1-28(2)39(23,29(3)4)24-40(25-41(30(5)6,31(7)8)32(9)10,26-42(33(11)12,34(13)14)35(15)16)27-43(36(17)18,37(19)20)38(21)22;1-23-40(30(6)7,31(8)9)25-39(24-38(22,28(2)3)29(4)5,26-41(32(10)11,33(12)13)34(14)15)27-42(35(16)17,36(18)19)37(20)21;/h1-23H3;1-22H3;1H/q+1;;/p-1. The zero-order chi connectivity index (χ0) is 68.5. The molecular weight excluding hydrogens is 1310 g/mol. The molecule has 30 nitrogen and oxygen atoms in total. The van der Waals surface area contributed by atoms with Gasteiger partial charge in [0.2, 0.25) is 30.0 Å². The molecule has 0 aromatic heterocycles. The van der Waals surface area contributed by atoms with E-state index < -0.39 is 75.1 Å². The lowest BCUT2D eigenvalue weighted by molar-refractivity contribution is -0.0000210. The average molecular weight is 1440 g/mol. The van der Waals surface area contributed by atoms with Crippen LogP contribution in [0.2, 0.25) is 0 Å². The summed E-state index contributed by atoms with van der Waals surface area (Å²) in [4.78, 5) is 0. The van der Waals surface area contributed by atoms with Gasteiger partial charge in [-0.2, -0.15) is 18.1 Å². The number of halogens is 1. The fourth-order valence-corrected chi connectivity index (χ4v) is 54.5. The van der Waals surface area contributed by atoms with Crippen molar-refractivity contribution in [1.29, 1.82) is 0 Å². The van der Waals surface area contributed by atoms with Gasteiger partial charge in [-0.15, -0.1) is 0 Å². The summed E-state index contributed by atoms with van der Waals surface area (Å²) in [5.74, 6) is 0. The van der Waals surface area contributed by atoms with Crippen molar-refractivity contribution in [3.05, 3.63) is 0 Å². The summed E-state index contributed by atoms with van der Waals surface area (Å²) in [6, 6.07) is 0. The van der Waals surface area contributed by atoms with E-state index in [2.05, 4.69) is 379 Å². The highest BCUT2D eigenvalue weighted by Gasteiger charge is 2.56. The lowest BCUT2D eigenvalue weighted by Crippen LogP contribution is -3.00. The second kappa shape index (κ2) is 35.8. The van der Waals surface area contributed by atoms with E-state index in [1.807, 2.05) is 35.2 Å². The van der Waals surface area contributed by atoms with Crippen LogP contribution in [0.15, 0.2) is 40.9 Å². The molecule has 0 aromatic carbocycles. The number of rotatable bonds is 29. The smallest absolute Gasteiger partial charge is 0.501 e. The zero-order valence-corrected chi connectivity index (χ0v) is 73.0. The van der Waals surface area contributed by atoms with E-state index in [0.717, 1.165) is 0 Å². The van der Waals surface area contributed by atoms with E-state index in [-0.39, 0.29) is 12.4 Å². The molecule has 0 aliphatic heterocycles. The Hall–Kier alpha value is 1.95. The van der Waals surface area contributed by atoms with Gasteiger partial charge in [0, 0.05) is 13.7 Å². The fourth-order valence-electron chi connectivity index (χ4n) is 10.2. The van der Waals surface area contributed by atoms with Gasteiger partial charge in [-0.05, 0) is 321 Å². The van der Waals surface area contributed by atoms with E-state index in [9.17, 15) is 0 Å². The molecule has 86 heavy (non-hydrogen) atoms. The monoisotopic (exact) mass is 1440 g/mol. The van der Waals surface area contributed by atoms with Gasteiger partial charge in [0.25, 0.3) is 0 Å². The Balaban J connectivity index is -0.00000158. The minimum Gasteiger partial charge on any atom is -1.00 e. The molecule has 0 atom stereocenters. The van der Waals surface area contributed by atoms with Crippen LogP contribution in [0, 0.1) is 0 Å². The third kappa shape index (κ3) is 19.4. The van der Waals surface area contributed by atoms with Crippen molar-refractivity contribution in [1.82, 2.24) is 98.1 Å². The molecule has 522 valence electrons. The Labute approximate surface area is 540 Å². The number of nitrogens with zero attached hydrogens (tertiary/aromatic N) is 30. The van der Waals surface area contributed by atoms with E-state index in [1.54, 1.807) is 0 Å². The summed E-state index contributed by atoms with van der Waals surface area (Å²) in [6.07, 6.45) is 0. The van der Waals surface area contributed by atoms with E-state index in [0.29, 0.717) is 0 Å². The molecule has 0 amide bonds. The highest BCUT2D eigenvalue weighted by atomic mass is 35.5. The van der Waals surface area contributed by atoms with Crippen molar-refractivity contribution in [2.45, 2.75) is 0 Å². The van der Waals surface area contributed by atoms with Crippen molar-refractivity contribution >= 4 is 75.1 Å². The van der Waals surface area contributed by atoms with Crippen molar-refractivity contribution in [3.63, 3.8) is 0 Å². The van der Waals surface area contributed by atoms with Gasteiger partial charge in [-0.25, -0.2) is 51.4 Å². The van der Waals surface area contributed by atoms with Gasteiger partial charge >= 0.3 is 15.4 Å². The highest BCUT2D eigenvalue weighted by Crippen LogP contribution is 2.86. The number of hydrogen-bond donors (Lipinski definition) is 0. The van der Waals surface area contributed by atoms with Gasteiger partial charge in [-0.3, -0.25) is 51.4 Å². The van der Waals surface area contributed by atoms with Crippen LogP contribution >= 0.6 is 75.1 Å². The van der Waals surface area contributed by atoms with Crippen LogP contribution < -0.4 is 12.4 Å². The molecule has 0 unspecified atom stereocenters. The Morgan fingerprint density at radius 3 is 0.535 bits per heavy atom. The van der Waals surface area contributed by atoms with Crippen LogP contribution in [-0.4, -0.2) is 414 Å². The summed E-state index contributed by atoms with van der Waals surface area (Å²) in [5.41, 5.74) is 0. The first-order valence-corrected chi connectivity index (χ1v) is 44.7. The van der Waals surface area contributed by atoms with Gasteiger partial charge in [0.05, 0.1) is 0 Å². The average Bonchev–Trinajstić information content (AvgIpc) is 3.32. The zero-order valence-electron chi connectivity index (χ0n) is 63.3. The molecule has 0 rings (SSSR count). The second-order valence-corrected chi connectivity index (χ2v) is 59.7. The molecule has 0 fully saturated rings. The van der Waals surface area contributed by atoms with E-state index in [1.165, 1.54) is 0 Å². The summed E-state index contributed by atoms with van der Waals surface area (Å²) in [7, 11) is 63.2. The largest absolute Gasteiger partial charge is 1.00 e. The maximum atomic E-state index is 6.02. The van der Waals surface area contributed by atoms with Crippen LogP contribution in [0.4, 0.5) is 0 Å². The Bertz CT molecular complexity index is 2320. The maximum absolute atomic E-state index is 6.02. The van der Waals surface area contributed by atoms with Gasteiger partial charge < -0.3 is 12.4 Å². The van der Waals surface area contributed by atoms with Gasteiger partial charge in [0.1, 0.15) is 14.7 Å². The first kappa shape index (κ1) is 92.1. The summed E-state index contributed by atoms with van der Waals surface area (Å²) >= 11 is 0.